The van der Waals surface area contributed by atoms with E-state index in [0.717, 1.165) is 46.4 Å². The molecule has 0 aliphatic carbocycles. The standard InChI is InChI=1S/C23H21N3O3S2/c1-25-11-10-16-18(12-25)31-21-20(16)22(28)26(23(24-21)30-13-19(27)29-2)17-9-5-7-14-6-3-4-8-15(14)17/h3-9H,10-13H2,1-2H3. The monoisotopic (exact) mass is 451 g/mol. The van der Waals surface area contributed by atoms with Crippen LogP contribution < -0.4 is 5.56 Å². The molecule has 8 heteroatoms. The average Bonchev–Trinajstić information content (AvgIpc) is 3.14. The lowest BCUT2D eigenvalue weighted by Crippen LogP contribution is -2.27. The van der Waals surface area contributed by atoms with E-state index in [-0.39, 0.29) is 17.3 Å². The minimum absolute atomic E-state index is 0.0734. The van der Waals surface area contributed by atoms with E-state index in [1.165, 1.54) is 23.7 Å². The first-order valence-electron chi connectivity index (χ1n) is 10.0. The number of ether oxygens (including phenoxy) is 1. The Hall–Kier alpha value is -2.68. The number of esters is 1. The molecule has 0 spiro atoms. The van der Waals surface area contributed by atoms with Crippen molar-refractivity contribution in [1.82, 2.24) is 14.5 Å². The van der Waals surface area contributed by atoms with Crippen LogP contribution in [0.4, 0.5) is 0 Å². The first kappa shape index (κ1) is 20.2. The van der Waals surface area contributed by atoms with Crippen LogP contribution in [0.15, 0.2) is 52.4 Å². The molecule has 0 saturated carbocycles. The third-order valence-electron chi connectivity index (χ3n) is 5.59. The predicted octanol–water partition coefficient (Wildman–Crippen LogP) is 3.85. The number of benzene rings is 2. The fraction of sp³-hybridized carbons (Fsp3) is 0.261. The zero-order valence-electron chi connectivity index (χ0n) is 17.3. The van der Waals surface area contributed by atoms with Gasteiger partial charge in [-0.3, -0.25) is 14.2 Å². The number of hydrogen-bond donors (Lipinski definition) is 0. The molecular weight excluding hydrogens is 430 g/mol. The van der Waals surface area contributed by atoms with Gasteiger partial charge in [0.2, 0.25) is 0 Å². The van der Waals surface area contributed by atoms with Crippen molar-refractivity contribution in [2.24, 2.45) is 0 Å². The molecule has 0 unspecified atom stereocenters. The van der Waals surface area contributed by atoms with E-state index in [0.29, 0.717) is 10.5 Å². The lowest BCUT2D eigenvalue weighted by molar-refractivity contribution is -0.137. The molecule has 5 rings (SSSR count). The summed E-state index contributed by atoms with van der Waals surface area (Å²) in [6.07, 6.45) is 0.840. The van der Waals surface area contributed by atoms with Gasteiger partial charge in [-0.1, -0.05) is 48.2 Å². The predicted molar refractivity (Wildman–Crippen MR) is 126 cm³/mol. The summed E-state index contributed by atoms with van der Waals surface area (Å²) in [5, 5.41) is 3.23. The minimum Gasteiger partial charge on any atom is -0.468 e. The van der Waals surface area contributed by atoms with Crippen molar-refractivity contribution in [3.8, 4) is 5.69 Å². The molecule has 2 aromatic carbocycles. The first-order chi connectivity index (χ1) is 15.1. The fourth-order valence-electron chi connectivity index (χ4n) is 4.05. The summed E-state index contributed by atoms with van der Waals surface area (Å²) >= 11 is 2.82. The Morgan fingerprint density at radius 3 is 2.87 bits per heavy atom. The maximum absolute atomic E-state index is 13.9. The summed E-state index contributed by atoms with van der Waals surface area (Å²) in [6, 6.07) is 13.9. The van der Waals surface area contributed by atoms with Crippen LogP contribution in [0, 0.1) is 0 Å². The highest BCUT2D eigenvalue weighted by molar-refractivity contribution is 7.99. The molecular formula is C23H21N3O3S2. The molecule has 31 heavy (non-hydrogen) atoms. The summed E-state index contributed by atoms with van der Waals surface area (Å²) in [5.41, 5.74) is 1.82. The van der Waals surface area contributed by atoms with Gasteiger partial charge in [-0.15, -0.1) is 11.3 Å². The van der Waals surface area contributed by atoms with Gasteiger partial charge in [-0.25, -0.2) is 4.98 Å². The molecule has 4 aromatic rings. The molecule has 0 atom stereocenters. The van der Waals surface area contributed by atoms with E-state index in [1.54, 1.807) is 15.9 Å². The number of hydrogen-bond acceptors (Lipinski definition) is 7. The van der Waals surface area contributed by atoms with Gasteiger partial charge >= 0.3 is 5.97 Å². The summed E-state index contributed by atoms with van der Waals surface area (Å²) in [4.78, 5) is 34.8. The van der Waals surface area contributed by atoms with E-state index in [9.17, 15) is 9.59 Å². The van der Waals surface area contributed by atoms with Crippen molar-refractivity contribution in [1.29, 1.82) is 0 Å². The van der Waals surface area contributed by atoms with Gasteiger partial charge in [0.25, 0.3) is 5.56 Å². The number of thiophene rings is 1. The van der Waals surface area contributed by atoms with Crippen molar-refractivity contribution < 1.29 is 9.53 Å². The minimum atomic E-state index is -0.351. The molecule has 0 bridgehead atoms. The van der Waals surface area contributed by atoms with Crippen LogP contribution in [0.5, 0.6) is 0 Å². The quantitative estimate of drug-likeness (QED) is 0.267. The highest BCUT2D eigenvalue weighted by atomic mass is 32.2. The van der Waals surface area contributed by atoms with Gasteiger partial charge in [0, 0.05) is 23.4 Å². The van der Waals surface area contributed by atoms with Gasteiger partial charge in [0.1, 0.15) is 4.83 Å². The Labute approximate surface area is 187 Å². The van der Waals surface area contributed by atoms with Crippen LogP contribution in [-0.2, 0) is 22.5 Å². The molecule has 2 aromatic heterocycles. The second-order valence-electron chi connectivity index (χ2n) is 7.57. The third kappa shape index (κ3) is 3.54. The number of carbonyl (C=O) groups is 1. The maximum Gasteiger partial charge on any atom is 0.316 e. The zero-order valence-corrected chi connectivity index (χ0v) is 18.9. The lowest BCUT2D eigenvalue weighted by atomic mass is 10.1. The summed E-state index contributed by atoms with van der Waals surface area (Å²) in [7, 11) is 3.45. The molecule has 0 amide bonds. The van der Waals surface area contributed by atoms with E-state index in [2.05, 4.69) is 11.9 Å². The van der Waals surface area contributed by atoms with E-state index >= 15 is 0 Å². The molecule has 6 nitrogen and oxygen atoms in total. The molecule has 0 radical (unpaired) electrons. The Balaban J connectivity index is 1.79. The SMILES string of the molecule is COC(=O)CSc1nc2sc3c(c2c(=O)n1-c1cccc2ccccc12)CCN(C)C3. The Morgan fingerprint density at radius 2 is 2.03 bits per heavy atom. The number of thioether (sulfide) groups is 1. The normalized spacial score (nSPS) is 14.1. The van der Waals surface area contributed by atoms with Gasteiger partial charge in [-0.2, -0.15) is 0 Å². The van der Waals surface area contributed by atoms with Crippen molar-refractivity contribution in [3.05, 3.63) is 63.3 Å². The summed E-state index contributed by atoms with van der Waals surface area (Å²) in [5.74, 6) is -0.261. The van der Waals surface area contributed by atoms with Gasteiger partial charge < -0.3 is 9.64 Å². The topological polar surface area (TPSA) is 64.4 Å². The number of aromatic nitrogens is 2. The Morgan fingerprint density at radius 1 is 1.23 bits per heavy atom. The van der Waals surface area contributed by atoms with Crippen LogP contribution in [0.2, 0.25) is 0 Å². The molecule has 1 aliphatic rings. The highest BCUT2D eigenvalue weighted by Gasteiger charge is 2.25. The largest absolute Gasteiger partial charge is 0.468 e. The Kier molecular flexibility index (Phi) is 5.29. The number of rotatable bonds is 4. The van der Waals surface area contributed by atoms with Crippen LogP contribution in [0.1, 0.15) is 10.4 Å². The number of fused-ring (bicyclic) bond motifs is 4. The van der Waals surface area contributed by atoms with Crippen molar-refractivity contribution in [2.45, 2.75) is 18.1 Å². The zero-order chi connectivity index (χ0) is 21.5. The second-order valence-corrected chi connectivity index (χ2v) is 9.60. The smallest absolute Gasteiger partial charge is 0.316 e. The van der Waals surface area contributed by atoms with Crippen molar-refractivity contribution >= 4 is 50.1 Å². The van der Waals surface area contributed by atoms with Crippen molar-refractivity contribution in [3.63, 3.8) is 0 Å². The van der Waals surface area contributed by atoms with E-state index < -0.39 is 0 Å². The average molecular weight is 452 g/mol. The van der Waals surface area contributed by atoms with E-state index in [1.807, 2.05) is 42.5 Å². The number of carbonyl (C=O) groups excluding carboxylic acids is 1. The first-order valence-corrected chi connectivity index (χ1v) is 11.8. The lowest BCUT2D eigenvalue weighted by Gasteiger charge is -2.22. The number of methoxy groups -OCH3 is 1. The number of nitrogens with zero attached hydrogens (tertiary/aromatic N) is 3. The fourth-order valence-corrected chi connectivity index (χ4v) is 6.23. The summed E-state index contributed by atoms with van der Waals surface area (Å²) in [6.45, 7) is 1.75. The molecule has 158 valence electrons. The van der Waals surface area contributed by atoms with Crippen LogP contribution in [0.3, 0.4) is 0 Å². The third-order valence-corrected chi connectivity index (χ3v) is 7.61. The molecule has 1 aliphatic heterocycles. The van der Waals surface area contributed by atoms with E-state index in [4.69, 9.17) is 9.72 Å². The highest BCUT2D eigenvalue weighted by Crippen LogP contribution is 2.34. The molecule has 0 N–H and O–H groups in total. The molecule has 0 saturated heterocycles. The molecule has 0 fully saturated rings. The van der Waals surface area contributed by atoms with Gasteiger partial charge in [-0.05, 0) is 30.5 Å². The van der Waals surface area contributed by atoms with Crippen molar-refractivity contribution in [2.75, 3.05) is 26.5 Å². The van der Waals surface area contributed by atoms with Crippen LogP contribution >= 0.6 is 23.1 Å². The number of likely N-dealkylation sites (N-methyl/N-ethyl adjacent to an activating group) is 1. The Bertz CT molecular complexity index is 1370. The van der Waals surface area contributed by atoms with Gasteiger partial charge in [0.05, 0.1) is 23.9 Å². The van der Waals surface area contributed by atoms with Crippen LogP contribution in [0.25, 0.3) is 26.7 Å². The maximum atomic E-state index is 13.9. The molecule has 3 heterocycles. The summed E-state index contributed by atoms with van der Waals surface area (Å²) < 4.78 is 6.48. The second kappa shape index (κ2) is 8.11. The van der Waals surface area contributed by atoms with Crippen LogP contribution in [-0.4, -0.2) is 46.9 Å². The van der Waals surface area contributed by atoms with Gasteiger partial charge in [0.15, 0.2) is 5.16 Å².